The first-order valence-electron chi connectivity index (χ1n) is 5.37. The lowest BCUT2D eigenvalue weighted by atomic mass is 10.2. The Hall–Kier alpha value is -1.58. The number of halogens is 2. The van der Waals surface area contributed by atoms with Crippen LogP contribution in [0.5, 0.6) is 0 Å². The van der Waals surface area contributed by atoms with E-state index in [1.807, 2.05) is 18.2 Å². The number of nitriles is 1. The maximum absolute atomic E-state index is 12.0. The van der Waals surface area contributed by atoms with Crippen LogP contribution in [0, 0.1) is 14.9 Å². The Morgan fingerprint density at radius 2 is 1.89 bits per heavy atom. The highest BCUT2D eigenvalue weighted by Crippen LogP contribution is 2.20. The van der Waals surface area contributed by atoms with Gasteiger partial charge in [0, 0.05) is 14.8 Å². The maximum atomic E-state index is 12.0. The molecule has 0 aromatic heterocycles. The quantitative estimate of drug-likeness (QED) is 0.796. The van der Waals surface area contributed by atoms with E-state index in [-0.39, 0.29) is 5.91 Å². The molecule has 19 heavy (non-hydrogen) atoms. The predicted molar refractivity (Wildman–Crippen MR) is 83.3 cm³/mol. The molecule has 94 valence electrons. The topological polar surface area (TPSA) is 52.9 Å². The molecule has 0 atom stereocenters. The average Bonchev–Trinajstić information content (AvgIpc) is 2.41. The number of hydrogen-bond acceptors (Lipinski definition) is 2. The summed E-state index contributed by atoms with van der Waals surface area (Å²) in [5.74, 6) is -0.220. The first-order chi connectivity index (χ1) is 9.10. The van der Waals surface area contributed by atoms with Gasteiger partial charge in [0.25, 0.3) is 5.91 Å². The molecule has 2 aromatic rings. The monoisotopic (exact) mass is 382 g/mol. The van der Waals surface area contributed by atoms with Gasteiger partial charge < -0.3 is 5.32 Å². The van der Waals surface area contributed by atoms with Crippen LogP contribution in [-0.4, -0.2) is 5.91 Å². The van der Waals surface area contributed by atoms with Crippen LogP contribution in [0.2, 0.25) is 5.02 Å². The summed E-state index contributed by atoms with van der Waals surface area (Å²) in [5, 5.41) is 12.0. The smallest absolute Gasteiger partial charge is 0.255 e. The molecule has 0 unspecified atom stereocenters. The molecule has 5 heteroatoms. The molecule has 0 fully saturated rings. The van der Waals surface area contributed by atoms with Crippen molar-refractivity contribution in [1.82, 2.24) is 0 Å². The van der Waals surface area contributed by atoms with Crippen LogP contribution in [-0.2, 0) is 0 Å². The van der Waals surface area contributed by atoms with Crippen LogP contribution in [0.1, 0.15) is 15.9 Å². The molecule has 3 nitrogen and oxygen atoms in total. The third kappa shape index (κ3) is 3.46. The van der Waals surface area contributed by atoms with Crippen molar-refractivity contribution in [2.75, 3.05) is 5.32 Å². The number of nitrogens with one attached hydrogen (secondary N) is 1. The van der Waals surface area contributed by atoms with E-state index in [4.69, 9.17) is 16.9 Å². The molecule has 0 saturated heterocycles. The zero-order valence-electron chi connectivity index (χ0n) is 9.65. The standard InChI is InChI=1S/C14H8ClIN2O/c15-13-6-5-12(7-10(13)8-17)18-14(19)9-1-3-11(16)4-2-9/h1-7H,(H,18,19). The van der Waals surface area contributed by atoms with E-state index < -0.39 is 0 Å². The van der Waals surface area contributed by atoms with Gasteiger partial charge in [-0.25, -0.2) is 0 Å². The zero-order valence-corrected chi connectivity index (χ0v) is 12.6. The Labute approximate surface area is 129 Å². The third-order valence-electron chi connectivity index (χ3n) is 2.45. The highest BCUT2D eigenvalue weighted by atomic mass is 127. The van der Waals surface area contributed by atoms with Crippen molar-refractivity contribution in [3.05, 3.63) is 62.2 Å². The Kier molecular flexibility index (Phi) is 4.40. The van der Waals surface area contributed by atoms with Gasteiger partial charge in [-0.2, -0.15) is 5.26 Å². The van der Waals surface area contributed by atoms with Gasteiger partial charge in [0.2, 0.25) is 0 Å². The summed E-state index contributed by atoms with van der Waals surface area (Å²) in [5.41, 5.74) is 1.44. The molecule has 1 N–H and O–H groups in total. The Morgan fingerprint density at radius 3 is 2.53 bits per heavy atom. The lowest BCUT2D eigenvalue weighted by molar-refractivity contribution is 0.102. The summed E-state index contributed by atoms with van der Waals surface area (Å²) in [6.07, 6.45) is 0. The summed E-state index contributed by atoms with van der Waals surface area (Å²) in [6.45, 7) is 0. The number of nitrogens with zero attached hydrogens (tertiary/aromatic N) is 1. The highest BCUT2D eigenvalue weighted by Gasteiger charge is 2.07. The minimum Gasteiger partial charge on any atom is -0.322 e. The van der Waals surface area contributed by atoms with Crippen molar-refractivity contribution in [1.29, 1.82) is 5.26 Å². The van der Waals surface area contributed by atoms with Gasteiger partial charge in [0.15, 0.2) is 0 Å². The molecule has 0 saturated carbocycles. The number of benzene rings is 2. The molecule has 0 bridgehead atoms. The predicted octanol–water partition coefficient (Wildman–Crippen LogP) is 4.07. The molecule has 0 aliphatic heterocycles. The van der Waals surface area contributed by atoms with E-state index in [1.54, 1.807) is 30.3 Å². The SMILES string of the molecule is N#Cc1cc(NC(=O)c2ccc(I)cc2)ccc1Cl. The highest BCUT2D eigenvalue weighted by molar-refractivity contribution is 14.1. The number of rotatable bonds is 2. The maximum Gasteiger partial charge on any atom is 0.255 e. The summed E-state index contributed by atoms with van der Waals surface area (Å²) < 4.78 is 1.06. The van der Waals surface area contributed by atoms with Gasteiger partial charge in [-0.15, -0.1) is 0 Å². The molecule has 0 aliphatic rings. The second-order valence-corrected chi connectivity index (χ2v) is 5.42. The fourth-order valence-corrected chi connectivity index (χ4v) is 2.01. The van der Waals surface area contributed by atoms with Gasteiger partial charge in [-0.3, -0.25) is 4.79 Å². The fourth-order valence-electron chi connectivity index (χ4n) is 1.49. The molecule has 0 radical (unpaired) electrons. The molecule has 0 heterocycles. The average molecular weight is 383 g/mol. The molecule has 1 amide bonds. The van der Waals surface area contributed by atoms with Crippen LogP contribution in [0.25, 0.3) is 0 Å². The number of carbonyl (C=O) groups excluding carboxylic acids is 1. The second kappa shape index (κ2) is 6.04. The van der Waals surface area contributed by atoms with Crippen molar-refractivity contribution in [3.63, 3.8) is 0 Å². The van der Waals surface area contributed by atoms with Crippen molar-refractivity contribution in [2.24, 2.45) is 0 Å². The largest absolute Gasteiger partial charge is 0.322 e. The fraction of sp³-hybridized carbons (Fsp3) is 0. The van der Waals surface area contributed by atoms with Crippen molar-refractivity contribution in [2.45, 2.75) is 0 Å². The first-order valence-corrected chi connectivity index (χ1v) is 6.82. The van der Waals surface area contributed by atoms with E-state index in [9.17, 15) is 4.79 Å². The van der Waals surface area contributed by atoms with Crippen LogP contribution in [0.3, 0.4) is 0 Å². The van der Waals surface area contributed by atoms with Crippen molar-refractivity contribution >= 4 is 45.8 Å². The second-order valence-electron chi connectivity index (χ2n) is 3.77. The molecular formula is C14H8ClIN2O. The van der Waals surface area contributed by atoms with Crippen LogP contribution >= 0.6 is 34.2 Å². The van der Waals surface area contributed by atoms with Crippen molar-refractivity contribution < 1.29 is 4.79 Å². The van der Waals surface area contributed by atoms with Gasteiger partial charge in [-0.1, -0.05) is 11.6 Å². The van der Waals surface area contributed by atoms with Gasteiger partial charge >= 0.3 is 0 Å². The third-order valence-corrected chi connectivity index (χ3v) is 3.50. The zero-order chi connectivity index (χ0) is 13.8. The number of amides is 1. The summed E-state index contributed by atoms with van der Waals surface area (Å²) in [4.78, 5) is 12.0. The summed E-state index contributed by atoms with van der Waals surface area (Å²) in [6, 6.07) is 14.0. The van der Waals surface area contributed by atoms with E-state index in [0.717, 1.165) is 3.57 Å². The van der Waals surface area contributed by atoms with Crippen LogP contribution in [0.4, 0.5) is 5.69 Å². The Morgan fingerprint density at radius 1 is 1.21 bits per heavy atom. The first kappa shape index (κ1) is 13.8. The Balaban J connectivity index is 2.20. The minimum absolute atomic E-state index is 0.220. The molecule has 2 aromatic carbocycles. The molecule has 0 aliphatic carbocycles. The Bertz CT molecular complexity index is 662. The number of hydrogen-bond donors (Lipinski definition) is 1. The van der Waals surface area contributed by atoms with Crippen molar-refractivity contribution in [3.8, 4) is 6.07 Å². The number of carbonyl (C=O) groups is 1. The van der Waals surface area contributed by atoms with Gasteiger partial charge in [0.05, 0.1) is 10.6 Å². The van der Waals surface area contributed by atoms with Crippen LogP contribution in [0.15, 0.2) is 42.5 Å². The lowest BCUT2D eigenvalue weighted by Crippen LogP contribution is -2.11. The van der Waals surface area contributed by atoms with E-state index in [2.05, 4.69) is 27.9 Å². The minimum atomic E-state index is -0.220. The van der Waals surface area contributed by atoms with Crippen LogP contribution < -0.4 is 5.32 Å². The molecular weight excluding hydrogens is 375 g/mol. The molecule has 2 rings (SSSR count). The van der Waals surface area contributed by atoms with Gasteiger partial charge in [0.1, 0.15) is 6.07 Å². The summed E-state index contributed by atoms with van der Waals surface area (Å²) >= 11 is 8.01. The molecule has 0 spiro atoms. The van der Waals surface area contributed by atoms with E-state index in [1.165, 1.54) is 0 Å². The normalized spacial score (nSPS) is 9.74. The lowest BCUT2D eigenvalue weighted by Gasteiger charge is -2.06. The van der Waals surface area contributed by atoms with E-state index >= 15 is 0 Å². The summed E-state index contributed by atoms with van der Waals surface area (Å²) in [7, 11) is 0. The number of anilines is 1. The van der Waals surface area contributed by atoms with Gasteiger partial charge in [-0.05, 0) is 65.1 Å². The van der Waals surface area contributed by atoms with E-state index in [0.29, 0.717) is 21.8 Å².